The first-order valence-corrected chi connectivity index (χ1v) is 6.23. The highest BCUT2D eigenvalue weighted by atomic mass is 32.2. The highest BCUT2D eigenvalue weighted by Crippen LogP contribution is 2.24. The largest absolute Gasteiger partial charge is 0.463 e. The Morgan fingerprint density at radius 1 is 1.28 bits per heavy atom. The molecule has 1 heterocycles. The molecular formula is C13H11FO3S. The predicted molar refractivity (Wildman–Crippen MR) is 66.0 cm³/mol. The minimum Gasteiger partial charge on any atom is -0.463 e. The Bertz CT molecular complexity index is 533. The third-order valence-corrected chi connectivity index (χ3v) is 3.28. The second-order valence-electron chi connectivity index (χ2n) is 3.50. The summed E-state index contributed by atoms with van der Waals surface area (Å²) in [5.74, 6) is 0.679. The predicted octanol–water partition coefficient (Wildman–Crippen LogP) is 3.50. The maximum Gasteiger partial charge on any atom is 0.373 e. The number of furan rings is 1. The number of carbonyl (C=O) groups is 1. The molecule has 0 saturated carbocycles. The lowest BCUT2D eigenvalue weighted by Gasteiger charge is -1.99. The van der Waals surface area contributed by atoms with Crippen LogP contribution < -0.4 is 0 Å². The molecule has 1 aromatic heterocycles. The summed E-state index contributed by atoms with van der Waals surface area (Å²) in [6.45, 7) is 0. The summed E-state index contributed by atoms with van der Waals surface area (Å²) in [6, 6.07) is 9.51. The van der Waals surface area contributed by atoms with Gasteiger partial charge in [-0.1, -0.05) is 0 Å². The zero-order chi connectivity index (χ0) is 13.0. The topological polar surface area (TPSA) is 39.4 Å². The summed E-state index contributed by atoms with van der Waals surface area (Å²) < 4.78 is 22.6. The minimum atomic E-state index is -0.493. The fourth-order valence-electron chi connectivity index (χ4n) is 1.35. The molecule has 94 valence electrons. The maximum absolute atomic E-state index is 12.7. The maximum atomic E-state index is 12.7. The van der Waals surface area contributed by atoms with E-state index in [9.17, 15) is 9.18 Å². The highest BCUT2D eigenvalue weighted by Gasteiger charge is 2.10. The van der Waals surface area contributed by atoms with Crippen molar-refractivity contribution in [2.45, 2.75) is 10.6 Å². The van der Waals surface area contributed by atoms with Crippen LogP contribution in [0.3, 0.4) is 0 Å². The number of hydrogen-bond acceptors (Lipinski definition) is 4. The van der Waals surface area contributed by atoms with Gasteiger partial charge in [0.05, 0.1) is 12.9 Å². The van der Waals surface area contributed by atoms with Crippen molar-refractivity contribution in [1.82, 2.24) is 0 Å². The highest BCUT2D eigenvalue weighted by molar-refractivity contribution is 7.98. The summed E-state index contributed by atoms with van der Waals surface area (Å²) in [5, 5.41) is 0. The van der Waals surface area contributed by atoms with Gasteiger partial charge in [-0.05, 0) is 36.4 Å². The fourth-order valence-corrected chi connectivity index (χ4v) is 2.14. The van der Waals surface area contributed by atoms with Crippen LogP contribution in [0.15, 0.2) is 45.7 Å². The number of benzene rings is 1. The van der Waals surface area contributed by atoms with Crippen molar-refractivity contribution in [2.24, 2.45) is 0 Å². The molecule has 0 fully saturated rings. The first kappa shape index (κ1) is 12.7. The van der Waals surface area contributed by atoms with Gasteiger partial charge in [0.25, 0.3) is 0 Å². The first-order chi connectivity index (χ1) is 8.69. The molecule has 0 radical (unpaired) electrons. The molecule has 0 aliphatic rings. The van der Waals surface area contributed by atoms with Crippen LogP contribution in [-0.4, -0.2) is 13.1 Å². The number of carbonyl (C=O) groups excluding carboxylic acids is 1. The van der Waals surface area contributed by atoms with Crippen LogP contribution in [0, 0.1) is 5.82 Å². The lowest BCUT2D eigenvalue weighted by molar-refractivity contribution is 0.0563. The average molecular weight is 266 g/mol. The Morgan fingerprint density at radius 2 is 2.00 bits per heavy atom. The van der Waals surface area contributed by atoms with E-state index in [-0.39, 0.29) is 11.6 Å². The van der Waals surface area contributed by atoms with E-state index in [4.69, 9.17) is 4.42 Å². The van der Waals surface area contributed by atoms with Crippen molar-refractivity contribution in [3.63, 3.8) is 0 Å². The molecule has 18 heavy (non-hydrogen) atoms. The summed E-state index contributed by atoms with van der Waals surface area (Å²) in [4.78, 5) is 12.1. The molecule has 3 nitrogen and oxygen atoms in total. The van der Waals surface area contributed by atoms with Crippen molar-refractivity contribution < 1.29 is 18.3 Å². The molecule has 0 aliphatic heterocycles. The molecule has 0 aliphatic carbocycles. The SMILES string of the molecule is COC(=O)c1ccc(CSc2ccc(F)cc2)o1. The lowest BCUT2D eigenvalue weighted by Crippen LogP contribution is -1.98. The molecule has 0 spiro atoms. The number of methoxy groups -OCH3 is 1. The van der Waals surface area contributed by atoms with Crippen LogP contribution in [0.5, 0.6) is 0 Å². The van der Waals surface area contributed by atoms with Gasteiger partial charge >= 0.3 is 5.97 Å². The van der Waals surface area contributed by atoms with Gasteiger partial charge in [0, 0.05) is 4.90 Å². The molecule has 0 atom stereocenters. The second-order valence-corrected chi connectivity index (χ2v) is 4.55. The van der Waals surface area contributed by atoms with Gasteiger partial charge in [0.15, 0.2) is 0 Å². The molecule has 5 heteroatoms. The average Bonchev–Trinajstić information content (AvgIpc) is 2.86. The van der Waals surface area contributed by atoms with Crippen LogP contribution in [-0.2, 0) is 10.5 Å². The van der Waals surface area contributed by atoms with E-state index >= 15 is 0 Å². The zero-order valence-corrected chi connectivity index (χ0v) is 10.5. The van der Waals surface area contributed by atoms with Crippen molar-refractivity contribution in [1.29, 1.82) is 0 Å². The molecular weight excluding hydrogens is 255 g/mol. The van der Waals surface area contributed by atoms with Crippen LogP contribution in [0.4, 0.5) is 4.39 Å². The fraction of sp³-hybridized carbons (Fsp3) is 0.154. The van der Waals surface area contributed by atoms with E-state index in [0.29, 0.717) is 11.5 Å². The van der Waals surface area contributed by atoms with Gasteiger partial charge in [0.1, 0.15) is 11.6 Å². The minimum absolute atomic E-state index is 0.187. The summed E-state index contributed by atoms with van der Waals surface area (Å²) in [6.07, 6.45) is 0. The second kappa shape index (κ2) is 5.73. The van der Waals surface area contributed by atoms with Crippen LogP contribution in [0.1, 0.15) is 16.3 Å². The number of rotatable bonds is 4. The van der Waals surface area contributed by atoms with Crippen molar-refractivity contribution >= 4 is 17.7 Å². The quantitative estimate of drug-likeness (QED) is 0.627. The molecule has 0 unspecified atom stereocenters. The normalized spacial score (nSPS) is 10.3. The third-order valence-electron chi connectivity index (χ3n) is 2.24. The van der Waals surface area contributed by atoms with Crippen LogP contribution in [0.2, 0.25) is 0 Å². The van der Waals surface area contributed by atoms with Gasteiger partial charge in [-0.2, -0.15) is 0 Å². The zero-order valence-electron chi connectivity index (χ0n) is 9.68. The Balaban J connectivity index is 1.96. The monoisotopic (exact) mass is 266 g/mol. The molecule has 0 saturated heterocycles. The number of halogens is 1. The van der Waals surface area contributed by atoms with E-state index in [1.807, 2.05) is 0 Å². The number of thioether (sulfide) groups is 1. The molecule has 2 aromatic rings. The van der Waals surface area contributed by atoms with Crippen molar-refractivity contribution in [2.75, 3.05) is 7.11 Å². The van der Waals surface area contributed by atoms with E-state index in [1.165, 1.54) is 31.0 Å². The van der Waals surface area contributed by atoms with Crippen LogP contribution in [0.25, 0.3) is 0 Å². The standard InChI is InChI=1S/C13H11FO3S/c1-16-13(15)12-7-4-10(17-12)8-18-11-5-2-9(14)3-6-11/h2-7H,8H2,1H3. The molecule has 2 rings (SSSR count). The Hall–Kier alpha value is -1.75. The Kier molecular flexibility index (Phi) is 4.04. The van der Waals surface area contributed by atoms with Gasteiger partial charge in [-0.25, -0.2) is 9.18 Å². The van der Waals surface area contributed by atoms with Gasteiger partial charge in [-0.15, -0.1) is 11.8 Å². The first-order valence-electron chi connectivity index (χ1n) is 5.24. The molecule has 0 bridgehead atoms. The van der Waals surface area contributed by atoms with Crippen molar-refractivity contribution in [3.8, 4) is 0 Å². The van der Waals surface area contributed by atoms with Crippen molar-refractivity contribution in [3.05, 3.63) is 53.7 Å². The molecule has 1 aromatic carbocycles. The summed E-state index contributed by atoms with van der Waals surface area (Å²) in [5.41, 5.74) is 0. The van der Waals surface area contributed by atoms with E-state index in [0.717, 1.165) is 4.90 Å². The van der Waals surface area contributed by atoms with Gasteiger partial charge < -0.3 is 9.15 Å². The Labute approximate surface area is 108 Å². The van der Waals surface area contributed by atoms with Crippen LogP contribution >= 0.6 is 11.8 Å². The molecule has 0 amide bonds. The van der Waals surface area contributed by atoms with Gasteiger partial charge in [0.2, 0.25) is 5.76 Å². The number of hydrogen-bond donors (Lipinski definition) is 0. The van der Waals surface area contributed by atoms with E-state index < -0.39 is 5.97 Å². The Morgan fingerprint density at radius 3 is 2.67 bits per heavy atom. The third kappa shape index (κ3) is 3.13. The summed E-state index contributed by atoms with van der Waals surface area (Å²) in [7, 11) is 1.30. The number of esters is 1. The number of ether oxygens (including phenoxy) is 1. The van der Waals surface area contributed by atoms with Gasteiger partial charge in [-0.3, -0.25) is 0 Å². The molecule has 0 N–H and O–H groups in total. The van der Waals surface area contributed by atoms with E-state index in [2.05, 4.69) is 4.74 Å². The summed E-state index contributed by atoms with van der Waals surface area (Å²) >= 11 is 1.50. The smallest absolute Gasteiger partial charge is 0.373 e. The lowest BCUT2D eigenvalue weighted by atomic mass is 10.4. The van der Waals surface area contributed by atoms with E-state index in [1.54, 1.807) is 24.3 Å².